The van der Waals surface area contributed by atoms with Crippen molar-refractivity contribution in [1.82, 2.24) is 0 Å². The maximum absolute atomic E-state index is 6.63. The monoisotopic (exact) mass is 290 g/mol. The molecule has 0 bridgehead atoms. The summed E-state index contributed by atoms with van der Waals surface area (Å²) in [6, 6.07) is 14.6. The molecule has 0 aliphatic rings. The van der Waals surface area contributed by atoms with E-state index in [1.807, 2.05) is 18.2 Å². The van der Waals surface area contributed by atoms with Crippen molar-refractivity contribution >= 4 is 23.6 Å². The highest BCUT2D eigenvalue weighted by atomic mass is 35.6. The lowest BCUT2D eigenvalue weighted by molar-refractivity contribution is 0.419. The highest BCUT2D eigenvalue weighted by Crippen LogP contribution is 2.31. The van der Waals surface area contributed by atoms with E-state index in [4.69, 9.17) is 15.8 Å². The molecule has 0 fully saturated rings. The molecule has 3 heteroatoms. The van der Waals surface area contributed by atoms with E-state index in [2.05, 4.69) is 44.3 Å². The third-order valence-corrected chi connectivity index (χ3v) is 5.43. The summed E-state index contributed by atoms with van der Waals surface area (Å²) >= 11 is 6.63. The number of benzene rings is 2. The maximum Gasteiger partial charge on any atom is 0.185 e. The van der Waals surface area contributed by atoms with E-state index in [0.29, 0.717) is 0 Å². The maximum atomic E-state index is 6.63. The lowest BCUT2D eigenvalue weighted by Gasteiger charge is -2.21. The molecular weight excluding hydrogens is 272 g/mol. The van der Waals surface area contributed by atoms with Gasteiger partial charge in [0.1, 0.15) is 5.75 Å². The molecule has 0 amide bonds. The van der Waals surface area contributed by atoms with Crippen LogP contribution < -0.4 is 9.92 Å². The summed E-state index contributed by atoms with van der Waals surface area (Å²) in [4.78, 5) is 0. The molecular formula is C16H19ClOSi. The van der Waals surface area contributed by atoms with Crippen LogP contribution in [0.2, 0.25) is 13.1 Å². The average Bonchev–Trinajstić information content (AvgIpc) is 2.37. The second-order valence-corrected chi connectivity index (χ2v) is 11.6. The number of hydrogen-bond donors (Lipinski definition) is 0. The highest BCUT2D eigenvalue weighted by molar-refractivity contribution is 7.26. The molecule has 19 heavy (non-hydrogen) atoms. The van der Waals surface area contributed by atoms with E-state index in [9.17, 15) is 0 Å². The fraction of sp³-hybridized carbons (Fsp3) is 0.250. The Morgan fingerprint density at radius 2 is 1.68 bits per heavy atom. The number of hydrogen-bond acceptors (Lipinski definition) is 1. The van der Waals surface area contributed by atoms with Crippen molar-refractivity contribution in [3.8, 4) is 16.9 Å². The van der Waals surface area contributed by atoms with Crippen LogP contribution in [0.4, 0.5) is 0 Å². The Balaban J connectivity index is 2.71. The van der Waals surface area contributed by atoms with E-state index < -0.39 is 7.38 Å². The Morgan fingerprint density at radius 3 is 2.21 bits per heavy atom. The molecule has 0 spiro atoms. The number of ether oxygens (including phenoxy) is 1. The first kappa shape index (κ1) is 14.2. The Kier molecular flexibility index (Phi) is 4.02. The van der Waals surface area contributed by atoms with Crippen LogP contribution in [-0.4, -0.2) is 14.5 Å². The predicted molar refractivity (Wildman–Crippen MR) is 86.1 cm³/mol. The first-order valence-electron chi connectivity index (χ1n) is 6.37. The SMILES string of the molecule is COc1c(-c2ccccc2)cc(C)cc1[Si](C)(C)Cl. The summed E-state index contributed by atoms with van der Waals surface area (Å²) < 4.78 is 5.66. The fourth-order valence-corrected chi connectivity index (χ4v) is 4.04. The van der Waals surface area contributed by atoms with Crippen molar-refractivity contribution in [2.75, 3.05) is 7.11 Å². The number of aryl methyl sites for hydroxylation is 1. The molecule has 1 nitrogen and oxygen atoms in total. The smallest absolute Gasteiger partial charge is 0.185 e. The summed E-state index contributed by atoms with van der Waals surface area (Å²) in [5, 5.41) is 1.16. The molecule has 0 aliphatic carbocycles. The molecule has 2 aromatic rings. The van der Waals surface area contributed by atoms with Gasteiger partial charge in [0.15, 0.2) is 7.38 Å². The van der Waals surface area contributed by atoms with Gasteiger partial charge in [-0.3, -0.25) is 0 Å². The molecule has 0 heterocycles. The minimum atomic E-state index is -1.95. The minimum absolute atomic E-state index is 0.920. The van der Waals surface area contributed by atoms with Crippen LogP contribution in [0.25, 0.3) is 11.1 Å². The van der Waals surface area contributed by atoms with Crippen LogP contribution in [0.5, 0.6) is 5.75 Å². The van der Waals surface area contributed by atoms with Gasteiger partial charge < -0.3 is 4.74 Å². The normalized spacial score (nSPS) is 11.4. The lowest BCUT2D eigenvalue weighted by Crippen LogP contribution is -2.36. The molecule has 2 aromatic carbocycles. The first-order valence-corrected chi connectivity index (χ1v) is 10.4. The van der Waals surface area contributed by atoms with Crippen molar-refractivity contribution in [1.29, 1.82) is 0 Å². The minimum Gasteiger partial charge on any atom is -0.496 e. The third-order valence-electron chi connectivity index (χ3n) is 3.16. The number of halogens is 1. The van der Waals surface area contributed by atoms with Crippen LogP contribution in [0, 0.1) is 6.92 Å². The van der Waals surface area contributed by atoms with Gasteiger partial charge in [-0.2, -0.15) is 11.1 Å². The van der Waals surface area contributed by atoms with E-state index in [1.54, 1.807) is 7.11 Å². The van der Waals surface area contributed by atoms with Gasteiger partial charge in [0, 0.05) is 5.56 Å². The van der Waals surface area contributed by atoms with Crippen LogP contribution in [-0.2, 0) is 0 Å². The largest absolute Gasteiger partial charge is 0.496 e. The highest BCUT2D eigenvalue weighted by Gasteiger charge is 2.26. The van der Waals surface area contributed by atoms with Crippen molar-refractivity contribution in [3.05, 3.63) is 48.0 Å². The second-order valence-electron chi connectivity index (χ2n) is 5.23. The molecule has 0 aromatic heterocycles. The predicted octanol–water partition coefficient (Wildman–Crippen LogP) is 4.32. The summed E-state index contributed by atoms with van der Waals surface area (Å²) in [6.45, 7) is 6.35. The molecule has 0 saturated carbocycles. The summed E-state index contributed by atoms with van der Waals surface area (Å²) in [5.41, 5.74) is 3.51. The zero-order chi connectivity index (χ0) is 14.0. The zero-order valence-corrected chi connectivity index (χ0v) is 13.6. The van der Waals surface area contributed by atoms with E-state index >= 15 is 0 Å². The second kappa shape index (κ2) is 5.39. The van der Waals surface area contributed by atoms with Gasteiger partial charge in [-0.25, -0.2) is 0 Å². The van der Waals surface area contributed by atoms with Gasteiger partial charge in [-0.05, 0) is 23.7 Å². The fourth-order valence-electron chi connectivity index (χ4n) is 2.27. The standard InChI is InChI=1S/C16H19ClOSi/c1-12-10-14(13-8-6-5-7-9-13)16(18-2)15(11-12)19(3,4)17/h5-11H,1-4H3. The third kappa shape index (κ3) is 3.02. The van der Waals surface area contributed by atoms with Crippen molar-refractivity contribution < 1.29 is 4.74 Å². The summed E-state index contributed by atoms with van der Waals surface area (Å²) in [6.07, 6.45) is 0. The molecule has 2 rings (SSSR count). The number of methoxy groups -OCH3 is 1. The zero-order valence-electron chi connectivity index (χ0n) is 11.8. The summed E-state index contributed by atoms with van der Waals surface area (Å²) in [7, 11) is -0.227. The molecule has 0 aliphatic heterocycles. The first-order chi connectivity index (χ1) is 8.93. The molecule has 0 N–H and O–H groups in total. The van der Waals surface area contributed by atoms with Gasteiger partial charge in [-0.15, -0.1) is 0 Å². The average molecular weight is 291 g/mol. The Hall–Kier alpha value is -1.25. The van der Waals surface area contributed by atoms with Gasteiger partial charge in [-0.1, -0.05) is 55.1 Å². The van der Waals surface area contributed by atoms with Gasteiger partial charge in [0.05, 0.1) is 7.11 Å². The van der Waals surface area contributed by atoms with E-state index in [1.165, 1.54) is 11.1 Å². The van der Waals surface area contributed by atoms with Crippen LogP contribution >= 0.6 is 11.1 Å². The summed E-state index contributed by atoms with van der Waals surface area (Å²) in [5.74, 6) is 0.920. The van der Waals surface area contributed by atoms with Crippen molar-refractivity contribution in [3.63, 3.8) is 0 Å². The van der Waals surface area contributed by atoms with Gasteiger partial charge in [0.2, 0.25) is 0 Å². The topological polar surface area (TPSA) is 9.23 Å². The van der Waals surface area contributed by atoms with E-state index in [0.717, 1.165) is 16.5 Å². The van der Waals surface area contributed by atoms with Crippen LogP contribution in [0.3, 0.4) is 0 Å². The Bertz CT molecular complexity index is 573. The van der Waals surface area contributed by atoms with Crippen LogP contribution in [0.15, 0.2) is 42.5 Å². The molecule has 100 valence electrons. The van der Waals surface area contributed by atoms with Crippen molar-refractivity contribution in [2.45, 2.75) is 20.0 Å². The molecule has 0 radical (unpaired) electrons. The van der Waals surface area contributed by atoms with E-state index in [-0.39, 0.29) is 0 Å². The Morgan fingerprint density at radius 1 is 1.05 bits per heavy atom. The lowest BCUT2D eigenvalue weighted by atomic mass is 10.0. The Labute approximate surface area is 120 Å². The van der Waals surface area contributed by atoms with Gasteiger partial charge in [0.25, 0.3) is 0 Å². The molecule has 0 atom stereocenters. The van der Waals surface area contributed by atoms with Gasteiger partial charge >= 0.3 is 0 Å². The quantitative estimate of drug-likeness (QED) is 0.604. The molecule has 0 saturated heterocycles. The van der Waals surface area contributed by atoms with Crippen molar-refractivity contribution in [2.24, 2.45) is 0 Å². The number of rotatable bonds is 3. The molecule has 0 unspecified atom stereocenters. The van der Waals surface area contributed by atoms with Crippen LogP contribution in [0.1, 0.15) is 5.56 Å².